The molecule has 0 aliphatic carbocycles. The number of piperidine rings is 1. The average molecular weight is 240 g/mol. The molecular formula is C10H16N4OS. The molecule has 0 bridgehead atoms. The molecule has 2 unspecified atom stereocenters. The molecule has 2 atom stereocenters. The maximum Gasteiger partial charge on any atom is 0.267 e. The van der Waals surface area contributed by atoms with Crippen LogP contribution in [0.3, 0.4) is 0 Å². The van der Waals surface area contributed by atoms with Gasteiger partial charge < -0.3 is 10.6 Å². The molecule has 1 amide bonds. The number of hydrogen-bond donors (Lipinski definition) is 1. The third-order valence-electron chi connectivity index (χ3n) is 3.15. The summed E-state index contributed by atoms with van der Waals surface area (Å²) in [6.45, 7) is 3.49. The van der Waals surface area contributed by atoms with E-state index in [0.717, 1.165) is 30.9 Å². The van der Waals surface area contributed by atoms with Gasteiger partial charge in [-0.2, -0.15) is 0 Å². The van der Waals surface area contributed by atoms with Crippen molar-refractivity contribution in [1.29, 1.82) is 0 Å². The molecule has 2 N–H and O–H groups in total. The minimum Gasteiger partial charge on any atom is -0.335 e. The van der Waals surface area contributed by atoms with Gasteiger partial charge in [0, 0.05) is 12.6 Å². The van der Waals surface area contributed by atoms with Gasteiger partial charge in [0.05, 0.1) is 6.20 Å². The lowest BCUT2D eigenvalue weighted by Gasteiger charge is -2.37. The summed E-state index contributed by atoms with van der Waals surface area (Å²) in [4.78, 5) is 14.7. The van der Waals surface area contributed by atoms with Crippen molar-refractivity contribution in [2.24, 2.45) is 11.7 Å². The van der Waals surface area contributed by atoms with E-state index in [-0.39, 0.29) is 11.9 Å². The standard InChI is InChI=1S/C10H16N4OS/c1-7-2-3-8(4-11)6-14(7)10(15)9-5-12-13-16-9/h5,7-8H,2-4,6,11H2,1H3. The fourth-order valence-corrected chi connectivity index (χ4v) is 2.53. The maximum atomic E-state index is 12.1. The third-order valence-corrected chi connectivity index (χ3v) is 3.80. The molecule has 88 valence electrons. The number of carbonyl (C=O) groups is 1. The van der Waals surface area contributed by atoms with E-state index >= 15 is 0 Å². The third kappa shape index (κ3) is 2.22. The van der Waals surface area contributed by atoms with Crippen LogP contribution in [0.2, 0.25) is 0 Å². The van der Waals surface area contributed by atoms with Crippen molar-refractivity contribution in [2.75, 3.05) is 13.1 Å². The normalized spacial score (nSPS) is 25.8. The molecule has 1 aliphatic rings. The molecule has 0 aromatic carbocycles. The van der Waals surface area contributed by atoms with Crippen LogP contribution in [-0.2, 0) is 0 Å². The van der Waals surface area contributed by atoms with Gasteiger partial charge in [-0.3, -0.25) is 4.79 Å². The van der Waals surface area contributed by atoms with Gasteiger partial charge in [0.1, 0.15) is 4.88 Å². The van der Waals surface area contributed by atoms with Crippen LogP contribution in [0.4, 0.5) is 0 Å². The Labute approximate surface area is 98.8 Å². The van der Waals surface area contributed by atoms with Gasteiger partial charge in [-0.15, -0.1) is 5.10 Å². The number of nitrogens with two attached hydrogens (primary N) is 1. The Kier molecular flexibility index (Phi) is 3.50. The van der Waals surface area contributed by atoms with Crippen LogP contribution in [-0.4, -0.2) is 39.5 Å². The summed E-state index contributed by atoms with van der Waals surface area (Å²) in [6.07, 6.45) is 3.67. The first-order chi connectivity index (χ1) is 7.72. The molecule has 1 aromatic heterocycles. The van der Waals surface area contributed by atoms with Crippen LogP contribution < -0.4 is 5.73 Å². The van der Waals surface area contributed by atoms with Crippen LogP contribution in [0.5, 0.6) is 0 Å². The van der Waals surface area contributed by atoms with E-state index in [9.17, 15) is 4.79 Å². The van der Waals surface area contributed by atoms with Crippen LogP contribution in [0.1, 0.15) is 29.4 Å². The lowest BCUT2D eigenvalue weighted by atomic mass is 9.93. The number of nitrogens with zero attached hydrogens (tertiary/aromatic N) is 3. The predicted octanol–water partition coefficient (Wildman–Crippen LogP) is 0.737. The fraction of sp³-hybridized carbons (Fsp3) is 0.700. The molecule has 0 spiro atoms. The highest BCUT2D eigenvalue weighted by Crippen LogP contribution is 2.23. The summed E-state index contributed by atoms with van der Waals surface area (Å²) in [5.74, 6) is 0.474. The molecule has 6 heteroatoms. The van der Waals surface area contributed by atoms with Crippen LogP contribution in [0.25, 0.3) is 0 Å². The van der Waals surface area contributed by atoms with Crippen LogP contribution in [0.15, 0.2) is 6.20 Å². The Balaban J connectivity index is 2.09. The van der Waals surface area contributed by atoms with Crippen molar-refractivity contribution in [3.63, 3.8) is 0 Å². The van der Waals surface area contributed by atoms with Crippen molar-refractivity contribution in [1.82, 2.24) is 14.5 Å². The van der Waals surface area contributed by atoms with E-state index < -0.39 is 0 Å². The van der Waals surface area contributed by atoms with Crippen molar-refractivity contribution in [2.45, 2.75) is 25.8 Å². The van der Waals surface area contributed by atoms with Gasteiger partial charge in [-0.05, 0) is 43.8 Å². The number of aromatic nitrogens is 2. The van der Waals surface area contributed by atoms with Gasteiger partial charge in [-0.25, -0.2) is 0 Å². The molecule has 1 saturated heterocycles. The fourth-order valence-electron chi connectivity index (χ4n) is 2.06. The van der Waals surface area contributed by atoms with E-state index in [1.54, 1.807) is 0 Å². The Bertz CT molecular complexity index is 354. The highest BCUT2D eigenvalue weighted by atomic mass is 32.1. The molecule has 2 rings (SSSR count). The molecule has 1 aromatic rings. The zero-order valence-electron chi connectivity index (χ0n) is 9.30. The van der Waals surface area contributed by atoms with E-state index in [1.807, 2.05) is 4.90 Å². The predicted molar refractivity (Wildman–Crippen MR) is 62.2 cm³/mol. The number of hydrogen-bond acceptors (Lipinski definition) is 5. The molecule has 5 nitrogen and oxygen atoms in total. The maximum absolute atomic E-state index is 12.1. The summed E-state index contributed by atoms with van der Waals surface area (Å²) < 4.78 is 3.72. The van der Waals surface area contributed by atoms with Crippen LogP contribution in [0, 0.1) is 5.92 Å². The Morgan fingerprint density at radius 3 is 3.12 bits per heavy atom. The second-order valence-electron chi connectivity index (χ2n) is 4.27. The lowest BCUT2D eigenvalue weighted by molar-refractivity contribution is 0.0571. The van der Waals surface area contributed by atoms with Gasteiger partial charge >= 0.3 is 0 Å². The first-order valence-electron chi connectivity index (χ1n) is 5.50. The Morgan fingerprint density at radius 1 is 1.69 bits per heavy atom. The topological polar surface area (TPSA) is 72.1 Å². The Hall–Kier alpha value is -1.01. The summed E-state index contributed by atoms with van der Waals surface area (Å²) in [7, 11) is 0. The second kappa shape index (κ2) is 4.88. The minimum atomic E-state index is 0.0423. The summed E-state index contributed by atoms with van der Waals surface area (Å²) in [5.41, 5.74) is 5.67. The van der Waals surface area contributed by atoms with Gasteiger partial charge in [0.25, 0.3) is 5.91 Å². The monoisotopic (exact) mass is 240 g/mol. The number of carbonyl (C=O) groups excluding carboxylic acids is 1. The molecule has 0 saturated carbocycles. The van der Waals surface area contributed by atoms with E-state index in [0.29, 0.717) is 17.3 Å². The molecule has 16 heavy (non-hydrogen) atoms. The van der Waals surface area contributed by atoms with Gasteiger partial charge in [-0.1, -0.05) is 4.49 Å². The van der Waals surface area contributed by atoms with Gasteiger partial charge in [0.2, 0.25) is 0 Å². The Morgan fingerprint density at radius 2 is 2.50 bits per heavy atom. The first-order valence-corrected chi connectivity index (χ1v) is 6.28. The molecule has 1 fully saturated rings. The number of amides is 1. The van der Waals surface area contributed by atoms with E-state index in [1.165, 1.54) is 6.20 Å². The molecule has 1 aliphatic heterocycles. The molecular weight excluding hydrogens is 224 g/mol. The van der Waals surface area contributed by atoms with Gasteiger partial charge in [0.15, 0.2) is 0 Å². The van der Waals surface area contributed by atoms with Crippen molar-refractivity contribution < 1.29 is 4.79 Å². The first kappa shape index (κ1) is 11.5. The summed E-state index contributed by atoms with van der Waals surface area (Å²) >= 11 is 1.15. The average Bonchev–Trinajstić information content (AvgIpc) is 2.82. The molecule has 0 radical (unpaired) electrons. The van der Waals surface area contributed by atoms with Crippen molar-refractivity contribution in [3.05, 3.63) is 11.1 Å². The quantitative estimate of drug-likeness (QED) is 0.827. The smallest absolute Gasteiger partial charge is 0.267 e. The van der Waals surface area contributed by atoms with Crippen molar-refractivity contribution >= 4 is 17.4 Å². The second-order valence-corrected chi connectivity index (χ2v) is 5.05. The largest absolute Gasteiger partial charge is 0.335 e. The zero-order valence-corrected chi connectivity index (χ0v) is 10.1. The minimum absolute atomic E-state index is 0.0423. The summed E-state index contributed by atoms with van der Waals surface area (Å²) in [6, 6.07) is 0.289. The summed E-state index contributed by atoms with van der Waals surface area (Å²) in [5, 5.41) is 3.70. The highest BCUT2D eigenvalue weighted by molar-refractivity contribution is 7.07. The number of rotatable bonds is 2. The van der Waals surface area contributed by atoms with E-state index in [2.05, 4.69) is 16.5 Å². The SMILES string of the molecule is CC1CCC(CN)CN1C(=O)c1cnns1. The van der Waals surface area contributed by atoms with Crippen molar-refractivity contribution in [3.8, 4) is 0 Å². The van der Waals surface area contributed by atoms with Crippen LogP contribution >= 0.6 is 11.5 Å². The molecule has 2 heterocycles. The zero-order chi connectivity index (χ0) is 11.5. The highest BCUT2D eigenvalue weighted by Gasteiger charge is 2.29. The lowest BCUT2D eigenvalue weighted by Crippen LogP contribution is -2.46. The number of likely N-dealkylation sites (tertiary alicyclic amines) is 1. The van der Waals surface area contributed by atoms with E-state index in [4.69, 9.17) is 5.73 Å².